The molecule has 40 heavy (non-hydrogen) atoms. The molecule has 1 heterocycles. The van der Waals surface area contributed by atoms with Gasteiger partial charge in [-0.1, -0.05) is 44.2 Å². The van der Waals surface area contributed by atoms with E-state index in [1.165, 1.54) is 6.92 Å². The highest BCUT2D eigenvalue weighted by Gasteiger charge is 2.37. The number of amides is 3. The van der Waals surface area contributed by atoms with E-state index in [0.29, 0.717) is 11.2 Å². The molecule has 218 valence electrons. The third kappa shape index (κ3) is 10.1. The molecule has 1 aromatic carbocycles. The Bertz CT molecular complexity index is 1200. The first kappa shape index (κ1) is 31.8. The van der Waals surface area contributed by atoms with E-state index in [-0.39, 0.29) is 18.2 Å². The molecule has 4 N–H and O–H groups in total. The average Bonchev–Trinajstić information content (AvgIpc) is 3.34. The number of alkyl halides is 3. The number of tetrazole rings is 1. The monoisotopic (exact) mass is 569 g/mol. The van der Waals surface area contributed by atoms with Crippen LogP contribution in [0.25, 0.3) is 0 Å². The minimum atomic E-state index is -4.90. The molecule has 0 fully saturated rings. The molecule has 0 aliphatic heterocycles. The Morgan fingerprint density at radius 1 is 0.975 bits per heavy atom. The van der Waals surface area contributed by atoms with Gasteiger partial charge >= 0.3 is 12.1 Å². The van der Waals surface area contributed by atoms with Gasteiger partial charge in [0.2, 0.25) is 17.7 Å². The zero-order valence-electron chi connectivity index (χ0n) is 21.9. The summed E-state index contributed by atoms with van der Waals surface area (Å²) in [5.74, 6) is -6.43. The number of nitrogens with zero attached hydrogens (tertiary/aromatic N) is 4. The van der Waals surface area contributed by atoms with Crippen LogP contribution < -0.4 is 16.0 Å². The van der Waals surface area contributed by atoms with E-state index in [1.54, 1.807) is 13.8 Å². The van der Waals surface area contributed by atoms with Crippen molar-refractivity contribution in [2.75, 3.05) is 0 Å². The fourth-order valence-electron chi connectivity index (χ4n) is 3.44. The number of ketones is 1. The second-order valence-electron chi connectivity index (χ2n) is 9.27. The average molecular weight is 570 g/mol. The third-order valence-corrected chi connectivity index (χ3v) is 5.59. The molecule has 3 amide bonds. The molecule has 0 radical (unpaired) electrons. The zero-order valence-corrected chi connectivity index (χ0v) is 21.9. The van der Waals surface area contributed by atoms with Gasteiger partial charge in [0.15, 0.2) is 5.78 Å². The van der Waals surface area contributed by atoms with Crippen LogP contribution in [0.4, 0.5) is 13.2 Å². The predicted molar refractivity (Wildman–Crippen MR) is 131 cm³/mol. The van der Waals surface area contributed by atoms with Crippen LogP contribution in [0.1, 0.15) is 45.0 Å². The van der Waals surface area contributed by atoms with Crippen molar-refractivity contribution in [2.45, 2.75) is 70.9 Å². The van der Waals surface area contributed by atoms with Crippen LogP contribution in [0.2, 0.25) is 0 Å². The summed E-state index contributed by atoms with van der Waals surface area (Å²) in [7, 11) is 0. The summed E-state index contributed by atoms with van der Waals surface area (Å²) in [5.41, 5.74) is 0.944. The number of carbonyl (C=O) groups excluding carboxylic acids is 4. The van der Waals surface area contributed by atoms with Gasteiger partial charge in [-0.25, -0.2) is 0 Å². The first-order valence-corrected chi connectivity index (χ1v) is 12.2. The Morgan fingerprint density at radius 2 is 1.62 bits per heavy atom. The smallest absolute Gasteiger partial charge is 0.455 e. The maximum Gasteiger partial charge on any atom is 0.455 e. The van der Waals surface area contributed by atoms with E-state index in [9.17, 15) is 37.1 Å². The summed E-state index contributed by atoms with van der Waals surface area (Å²) in [4.78, 5) is 62.1. The number of hydrogen-bond acceptors (Lipinski definition) is 8. The van der Waals surface area contributed by atoms with Gasteiger partial charge in [0, 0.05) is 6.42 Å². The van der Waals surface area contributed by atoms with Crippen LogP contribution in [0.15, 0.2) is 30.3 Å². The Hall–Kier alpha value is -4.37. The second-order valence-corrected chi connectivity index (χ2v) is 9.27. The summed E-state index contributed by atoms with van der Waals surface area (Å²) in [6.07, 6.45) is -5.21. The third-order valence-electron chi connectivity index (χ3n) is 5.59. The number of Topliss-reactive ketones (excluding diaryl/α,β-unsaturated/α-hetero) is 1. The molecule has 3 atom stereocenters. The summed E-state index contributed by atoms with van der Waals surface area (Å²) in [6, 6.07) is 5.35. The summed E-state index contributed by atoms with van der Waals surface area (Å²) < 4.78 is 38.0. The van der Waals surface area contributed by atoms with Gasteiger partial charge in [-0.2, -0.15) is 18.0 Å². The number of aliphatic carboxylic acids is 1. The number of carbonyl (C=O) groups is 5. The van der Waals surface area contributed by atoms with Crippen LogP contribution in [-0.2, 0) is 43.1 Å². The van der Waals surface area contributed by atoms with Gasteiger partial charge in [-0.05, 0) is 30.0 Å². The van der Waals surface area contributed by atoms with Crippen LogP contribution >= 0.6 is 0 Å². The fraction of sp³-hybridized carbons (Fsp3) is 0.500. The summed E-state index contributed by atoms with van der Waals surface area (Å²) >= 11 is 0. The minimum absolute atomic E-state index is 0.126. The molecule has 0 spiro atoms. The van der Waals surface area contributed by atoms with Crippen molar-refractivity contribution in [1.82, 2.24) is 36.2 Å². The Kier molecular flexibility index (Phi) is 11.3. The molecular weight excluding hydrogens is 539 g/mol. The van der Waals surface area contributed by atoms with E-state index in [4.69, 9.17) is 5.11 Å². The minimum Gasteiger partial charge on any atom is -0.481 e. The second kappa shape index (κ2) is 14.1. The van der Waals surface area contributed by atoms with Gasteiger partial charge < -0.3 is 21.1 Å². The molecule has 2 rings (SSSR count). The normalized spacial score (nSPS) is 13.7. The first-order valence-electron chi connectivity index (χ1n) is 12.2. The van der Waals surface area contributed by atoms with Gasteiger partial charge in [-0.3, -0.25) is 24.0 Å². The predicted octanol–water partition coefficient (Wildman–Crippen LogP) is 0.499. The molecule has 16 heteroatoms. The van der Waals surface area contributed by atoms with Gasteiger partial charge in [-0.15, -0.1) is 10.2 Å². The van der Waals surface area contributed by atoms with Crippen LogP contribution in [-0.4, -0.2) is 72.9 Å². The number of rotatable bonds is 14. The quantitative estimate of drug-likeness (QED) is 0.251. The van der Waals surface area contributed by atoms with Crippen LogP contribution in [0, 0.1) is 5.92 Å². The van der Waals surface area contributed by atoms with Crippen molar-refractivity contribution in [1.29, 1.82) is 0 Å². The molecule has 0 saturated carbocycles. The number of carboxylic acid groups (broad SMARTS) is 1. The standard InChI is InChI=1S/C24H30F3N7O6/c1-13(2)20(30-18(36)10-9-15-7-5-4-6-8-15)22(40)28-14(3)21(39)29-16(11-19(37)38)17(35)12-34-32-23(31-33-34)24(25,26)27/h4-8,13-14,16,20H,9-12H2,1-3H3,(H,28,40)(H,29,39)(H,30,36)(H,37,38). The van der Waals surface area contributed by atoms with Crippen molar-refractivity contribution in [3.8, 4) is 0 Å². The Labute approximate surface area is 226 Å². The van der Waals surface area contributed by atoms with E-state index in [2.05, 4.69) is 31.4 Å². The zero-order chi connectivity index (χ0) is 30.0. The lowest BCUT2D eigenvalue weighted by atomic mass is 10.0. The SMILES string of the molecule is CC(NC(=O)C(NC(=O)CCc1ccccc1)C(C)C)C(=O)NC(CC(=O)O)C(=O)Cn1nnc(C(F)(F)F)n1. The van der Waals surface area contributed by atoms with E-state index in [0.717, 1.165) is 5.56 Å². The van der Waals surface area contributed by atoms with E-state index in [1.807, 2.05) is 30.3 Å². The number of aromatic nitrogens is 4. The number of aryl methyl sites for hydroxylation is 1. The van der Waals surface area contributed by atoms with Crippen molar-refractivity contribution in [3.05, 3.63) is 41.7 Å². The van der Waals surface area contributed by atoms with Crippen molar-refractivity contribution >= 4 is 29.5 Å². The number of halogens is 3. The number of hydrogen-bond donors (Lipinski definition) is 4. The maximum atomic E-state index is 12.8. The number of nitrogens with one attached hydrogen (secondary N) is 3. The number of carboxylic acids is 1. The topological polar surface area (TPSA) is 185 Å². The molecular formula is C24H30F3N7O6. The van der Waals surface area contributed by atoms with Crippen LogP contribution in [0.3, 0.4) is 0 Å². The summed E-state index contributed by atoms with van der Waals surface area (Å²) in [5, 5.41) is 25.3. The molecule has 0 bridgehead atoms. The molecule has 2 aromatic rings. The van der Waals surface area contributed by atoms with Gasteiger partial charge in [0.05, 0.1) is 6.42 Å². The highest BCUT2D eigenvalue weighted by Crippen LogP contribution is 2.24. The lowest BCUT2D eigenvalue weighted by molar-refractivity contribution is -0.145. The molecule has 0 aliphatic rings. The maximum absolute atomic E-state index is 12.8. The van der Waals surface area contributed by atoms with Crippen molar-refractivity contribution < 1.29 is 42.3 Å². The van der Waals surface area contributed by atoms with Crippen molar-refractivity contribution in [2.24, 2.45) is 5.92 Å². The Balaban J connectivity index is 1.98. The largest absolute Gasteiger partial charge is 0.481 e. The first-order chi connectivity index (χ1) is 18.7. The molecule has 3 unspecified atom stereocenters. The lowest BCUT2D eigenvalue weighted by Gasteiger charge is -2.25. The van der Waals surface area contributed by atoms with Gasteiger partial charge in [0.25, 0.3) is 5.82 Å². The summed E-state index contributed by atoms with van der Waals surface area (Å²) in [6.45, 7) is 3.76. The van der Waals surface area contributed by atoms with Crippen molar-refractivity contribution in [3.63, 3.8) is 0 Å². The Morgan fingerprint density at radius 3 is 2.17 bits per heavy atom. The van der Waals surface area contributed by atoms with E-state index < -0.39 is 66.7 Å². The highest BCUT2D eigenvalue weighted by atomic mass is 19.4. The highest BCUT2D eigenvalue weighted by molar-refractivity contribution is 5.95. The van der Waals surface area contributed by atoms with E-state index >= 15 is 0 Å². The lowest BCUT2D eigenvalue weighted by Crippen LogP contribution is -2.56. The molecule has 0 aliphatic carbocycles. The molecule has 13 nitrogen and oxygen atoms in total. The number of benzene rings is 1. The molecule has 0 saturated heterocycles. The van der Waals surface area contributed by atoms with Gasteiger partial charge in [0.1, 0.15) is 24.7 Å². The molecule has 1 aromatic heterocycles. The van der Waals surface area contributed by atoms with Crippen LogP contribution in [0.5, 0.6) is 0 Å². The fourth-order valence-corrected chi connectivity index (χ4v) is 3.44.